The summed E-state index contributed by atoms with van der Waals surface area (Å²) in [6.07, 6.45) is -5.02. The van der Waals surface area contributed by atoms with E-state index >= 15 is 0 Å². The van der Waals surface area contributed by atoms with Gasteiger partial charge in [0.15, 0.2) is 0 Å². The Kier molecular flexibility index (Phi) is 8.12. The molecule has 2 rings (SSSR count). The lowest BCUT2D eigenvalue weighted by atomic mass is 9.97. The fraction of sp³-hybridized carbons (Fsp3) is 0.625. The molecule has 0 saturated carbocycles. The SMILES string of the molecule is COc1cccc(OC)c1[C@H](CCC(F)(F)F)N1CCNCC1.Cl. The molecule has 1 heterocycles. The van der Waals surface area contributed by atoms with Crippen LogP contribution in [0.3, 0.4) is 0 Å². The highest BCUT2D eigenvalue weighted by atomic mass is 35.5. The zero-order valence-corrected chi connectivity index (χ0v) is 14.7. The minimum atomic E-state index is -4.18. The normalized spacial score (nSPS) is 17.0. The van der Waals surface area contributed by atoms with Gasteiger partial charge in [-0.3, -0.25) is 4.90 Å². The molecule has 0 radical (unpaired) electrons. The second-order valence-corrected chi connectivity index (χ2v) is 5.53. The van der Waals surface area contributed by atoms with Gasteiger partial charge in [0, 0.05) is 38.6 Å². The van der Waals surface area contributed by atoms with Crippen molar-refractivity contribution in [1.29, 1.82) is 0 Å². The molecule has 24 heavy (non-hydrogen) atoms. The van der Waals surface area contributed by atoms with Gasteiger partial charge in [0.1, 0.15) is 11.5 Å². The van der Waals surface area contributed by atoms with E-state index in [1.54, 1.807) is 18.2 Å². The van der Waals surface area contributed by atoms with Crippen LogP contribution in [0.25, 0.3) is 0 Å². The van der Waals surface area contributed by atoms with Gasteiger partial charge >= 0.3 is 6.18 Å². The smallest absolute Gasteiger partial charge is 0.389 e. The zero-order chi connectivity index (χ0) is 16.9. The Hall–Kier alpha value is -1.18. The number of halogens is 4. The molecule has 1 N–H and O–H groups in total. The van der Waals surface area contributed by atoms with Gasteiger partial charge in [-0.05, 0) is 18.6 Å². The molecule has 1 atom stereocenters. The molecule has 0 bridgehead atoms. The van der Waals surface area contributed by atoms with E-state index in [1.807, 2.05) is 0 Å². The Morgan fingerprint density at radius 2 is 1.67 bits per heavy atom. The van der Waals surface area contributed by atoms with Crippen molar-refractivity contribution >= 4 is 12.4 Å². The monoisotopic (exact) mass is 368 g/mol. The number of hydrogen-bond acceptors (Lipinski definition) is 4. The van der Waals surface area contributed by atoms with Crippen LogP contribution in [0.5, 0.6) is 11.5 Å². The third kappa shape index (κ3) is 5.43. The van der Waals surface area contributed by atoms with E-state index in [-0.39, 0.29) is 24.9 Å². The van der Waals surface area contributed by atoms with Crippen LogP contribution in [0.2, 0.25) is 0 Å². The molecular formula is C16H24ClF3N2O2. The summed E-state index contributed by atoms with van der Waals surface area (Å²) in [5.41, 5.74) is 0.698. The summed E-state index contributed by atoms with van der Waals surface area (Å²) in [6, 6.07) is 4.92. The fourth-order valence-electron chi connectivity index (χ4n) is 3.01. The van der Waals surface area contributed by atoms with Crippen LogP contribution < -0.4 is 14.8 Å². The lowest BCUT2D eigenvalue weighted by molar-refractivity contribution is -0.138. The number of nitrogens with one attached hydrogen (secondary N) is 1. The molecule has 1 aliphatic heterocycles. The van der Waals surface area contributed by atoms with Gasteiger partial charge in [-0.15, -0.1) is 12.4 Å². The van der Waals surface area contributed by atoms with E-state index in [1.165, 1.54) is 14.2 Å². The Labute approximate surface area is 146 Å². The number of methoxy groups -OCH3 is 2. The van der Waals surface area contributed by atoms with Gasteiger partial charge in [0.25, 0.3) is 0 Å². The molecule has 0 amide bonds. The first-order valence-corrected chi connectivity index (χ1v) is 7.68. The van der Waals surface area contributed by atoms with Crippen LogP contribution in [-0.4, -0.2) is 51.5 Å². The first-order chi connectivity index (χ1) is 11.0. The molecular weight excluding hydrogens is 345 g/mol. The summed E-state index contributed by atoms with van der Waals surface area (Å²) in [5, 5.41) is 3.22. The van der Waals surface area contributed by atoms with Crippen LogP contribution in [0.15, 0.2) is 18.2 Å². The van der Waals surface area contributed by atoms with Crippen molar-refractivity contribution in [3.63, 3.8) is 0 Å². The highest BCUT2D eigenvalue weighted by Gasteiger charge is 2.33. The first kappa shape index (κ1) is 20.9. The standard InChI is InChI=1S/C16H23F3N2O2.ClH/c1-22-13-4-3-5-14(23-2)15(13)12(6-7-16(17,18)19)21-10-8-20-9-11-21;/h3-5,12,20H,6-11H2,1-2H3;1H/t12-;/m0./s1. The van der Waals surface area contributed by atoms with Crippen molar-refractivity contribution in [3.05, 3.63) is 23.8 Å². The van der Waals surface area contributed by atoms with Gasteiger partial charge in [-0.1, -0.05) is 6.07 Å². The molecule has 1 saturated heterocycles. The lowest BCUT2D eigenvalue weighted by Gasteiger charge is -2.36. The largest absolute Gasteiger partial charge is 0.496 e. The Morgan fingerprint density at radius 1 is 1.12 bits per heavy atom. The predicted molar refractivity (Wildman–Crippen MR) is 89.3 cm³/mol. The van der Waals surface area contributed by atoms with Crippen LogP contribution in [0, 0.1) is 0 Å². The molecule has 4 nitrogen and oxygen atoms in total. The molecule has 8 heteroatoms. The molecule has 1 aromatic rings. The summed E-state index contributed by atoms with van der Waals surface area (Å²) >= 11 is 0. The van der Waals surface area contributed by atoms with E-state index in [9.17, 15) is 13.2 Å². The third-order valence-electron chi connectivity index (χ3n) is 4.09. The molecule has 1 aliphatic rings. The number of rotatable bonds is 6. The van der Waals surface area contributed by atoms with Crippen molar-refractivity contribution in [2.24, 2.45) is 0 Å². The van der Waals surface area contributed by atoms with Gasteiger partial charge in [-0.2, -0.15) is 13.2 Å². The van der Waals surface area contributed by atoms with Crippen molar-refractivity contribution in [3.8, 4) is 11.5 Å². The summed E-state index contributed by atoms with van der Waals surface area (Å²) in [5.74, 6) is 1.13. The topological polar surface area (TPSA) is 33.7 Å². The maximum atomic E-state index is 12.8. The summed E-state index contributed by atoms with van der Waals surface area (Å²) in [6.45, 7) is 2.92. The summed E-state index contributed by atoms with van der Waals surface area (Å²) < 4.78 is 49.1. The van der Waals surface area contributed by atoms with Crippen LogP contribution in [-0.2, 0) is 0 Å². The van der Waals surface area contributed by atoms with Gasteiger partial charge in [-0.25, -0.2) is 0 Å². The zero-order valence-electron chi connectivity index (χ0n) is 13.9. The Balaban J connectivity index is 0.00000288. The van der Waals surface area contributed by atoms with Gasteiger partial charge in [0.2, 0.25) is 0 Å². The highest BCUT2D eigenvalue weighted by molar-refractivity contribution is 5.85. The van der Waals surface area contributed by atoms with Gasteiger partial charge < -0.3 is 14.8 Å². The van der Waals surface area contributed by atoms with E-state index in [4.69, 9.17) is 9.47 Å². The number of hydrogen-bond donors (Lipinski definition) is 1. The van der Waals surface area contributed by atoms with Crippen LogP contribution in [0.1, 0.15) is 24.4 Å². The van der Waals surface area contributed by atoms with Crippen LogP contribution in [0.4, 0.5) is 13.2 Å². The highest BCUT2D eigenvalue weighted by Crippen LogP contribution is 2.41. The number of piperazine rings is 1. The van der Waals surface area contributed by atoms with E-state index in [0.717, 1.165) is 13.1 Å². The van der Waals surface area contributed by atoms with E-state index in [2.05, 4.69) is 10.2 Å². The first-order valence-electron chi connectivity index (χ1n) is 7.68. The van der Waals surface area contributed by atoms with Crippen molar-refractivity contribution in [2.45, 2.75) is 25.1 Å². The second-order valence-electron chi connectivity index (χ2n) is 5.53. The third-order valence-corrected chi connectivity index (χ3v) is 4.09. The molecule has 0 aromatic heterocycles. The predicted octanol–water partition coefficient (Wildman–Crippen LogP) is 3.41. The van der Waals surface area contributed by atoms with E-state index in [0.29, 0.717) is 30.2 Å². The molecule has 0 unspecified atom stereocenters. The molecule has 0 spiro atoms. The second kappa shape index (κ2) is 9.34. The number of ether oxygens (including phenoxy) is 2. The van der Waals surface area contributed by atoms with Crippen molar-refractivity contribution < 1.29 is 22.6 Å². The number of alkyl halides is 3. The number of benzene rings is 1. The molecule has 138 valence electrons. The maximum absolute atomic E-state index is 12.8. The summed E-state index contributed by atoms with van der Waals surface area (Å²) in [7, 11) is 3.05. The molecule has 0 aliphatic carbocycles. The Bertz CT molecular complexity index is 486. The number of nitrogens with zero attached hydrogens (tertiary/aromatic N) is 1. The van der Waals surface area contributed by atoms with Crippen molar-refractivity contribution in [2.75, 3.05) is 40.4 Å². The molecule has 1 fully saturated rings. The minimum absolute atomic E-state index is 0. The van der Waals surface area contributed by atoms with E-state index < -0.39 is 12.6 Å². The van der Waals surface area contributed by atoms with Crippen LogP contribution >= 0.6 is 12.4 Å². The minimum Gasteiger partial charge on any atom is -0.496 e. The van der Waals surface area contributed by atoms with Gasteiger partial charge in [0.05, 0.1) is 19.8 Å². The molecule has 1 aromatic carbocycles. The average molecular weight is 369 g/mol. The average Bonchev–Trinajstić information content (AvgIpc) is 2.55. The fourth-order valence-corrected chi connectivity index (χ4v) is 3.01. The quantitative estimate of drug-likeness (QED) is 0.834. The van der Waals surface area contributed by atoms with Crippen molar-refractivity contribution in [1.82, 2.24) is 10.2 Å². The Morgan fingerprint density at radius 3 is 2.12 bits per heavy atom. The summed E-state index contributed by atoms with van der Waals surface area (Å²) in [4.78, 5) is 2.07. The maximum Gasteiger partial charge on any atom is 0.389 e. The lowest BCUT2D eigenvalue weighted by Crippen LogP contribution is -2.45.